The zero-order valence-corrected chi connectivity index (χ0v) is 10.6. The smallest absolute Gasteiger partial charge is 0.185 e. The lowest BCUT2D eigenvalue weighted by molar-refractivity contribution is 0.643. The number of para-hydroxylation sites is 1. The summed E-state index contributed by atoms with van der Waals surface area (Å²) in [5.41, 5.74) is 4.77. The maximum Gasteiger partial charge on any atom is 0.185 e. The maximum atomic E-state index is 5.26. The lowest BCUT2D eigenvalue weighted by atomic mass is 9.92. The van der Waals surface area contributed by atoms with Gasteiger partial charge in [0.25, 0.3) is 0 Å². The minimum atomic E-state index is 0.443. The number of benzene rings is 1. The van der Waals surface area contributed by atoms with Gasteiger partial charge in [-0.05, 0) is 42.6 Å². The molecule has 4 heteroatoms. The third-order valence-electron chi connectivity index (χ3n) is 2.77. The van der Waals surface area contributed by atoms with Gasteiger partial charge in [-0.2, -0.15) is 0 Å². The summed E-state index contributed by atoms with van der Waals surface area (Å²) in [7, 11) is 0. The number of hydrogen-bond donors (Lipinski definition) is 3. The Balaban J connectivity index is 2.94. The van der Waals surface area contributed by atoms with Gasteiger partial charge in [0.2, 0.25) is 0 Å². The molecule has 0 aromatic heterocycles. The number of hydrazine groups is 1. The maximum absolute atomic E-state index is 5.26. The zero-order chi connectivity index (χ0) is 12.0. The van der Waals surface area contributed by atoms with Crippen molar-refractivity contribution in [3.63, 3.8) is 0 Å². The van der Waals surface area contributed by atoms with Crippen LogP contribution in [0.15, 0.2) is 24.3 Å². The number of nitrogens with one attached hydrogen (secondary N) is 2. The highest BCUT2D eigenvalue weighted by molar-refractivity contribution is 7.80. The van der Waals surface area contributed by atoms with Crippen LogP contribution in [0.4, 0.5) is 5.69 Å². The van der Waals surface area contributed by atoms with Gasteiger partial charge in [0, 0.05) is 5.69 Å². The van der Waals surface area contributed by atoms with Crippen molar-refractivity contribution in [2.75, 3.05) is 5.32 Å². The van der Waals surface area contributed by atoms with E-state index in [1.807, 2.05) is 12.1 Å². The van der Waals surface area contributed by atoms with E-state index >= 15 is 0 Å². The fraction of sp³-hybridized carbons (Fsp3) is 0.417. The summed E-state index contributed by atoms with van der Waals surface area (Å²) in [6.07, 6.45) is 2.25. The Morgan fingerprint density at radius 2 is 1.94 bits per heavy atom. The molecule has 0 spiro atoms. The molecule has 1 aromatic carbocycles. The molecule has 88 valence electrons. The average molecular weight is 237 g/mol. The van der Waals surface area contributed by atoms with E-state index in [9.17, 15) is 0 Å². The van der Waals surface area contributed by atoms with E-state index < -0.39 is 0 Å². The van der Waals surface area contributed by atoms with Crippen LogP contribution in [0.25, 0.3) is 0 Å². The third kappa shape index (κ3) is 3.18. The first kappa shape index (κ1) is 12.9. The van der Waals surface area contributed by atoms with Gasteiger partial charge in [-0.3, -0.25) is 0 Å². The molecule has 0 aliphatic heterocycles. The Labute approximate surface area is 102 Å². The Morgan fingerprint density at radius 3 is 2.50 bits per heavy atom. The van der Waals surface area contributed by atoms with Gasteiger partial charge in [-0.1, -0.05) is 32.0 Å². The highest BCUT2D eigenvalue weighted by Gasteiger charge is 2.11. The summed E-state index contributed by atoms with van der Waals surface area (Å²) in [5, 5.41) is 3.55. The third-order valence-corrected chi connectivity index (χ3v) is 2.99. The molecule has 0 unspecified atom stereocenters. The van der Waals surface area contributed by atoms with Crippen LogP contribution in [0.2, 0.25) is 0 Å². The van der Waals surface area contributed by atoms with Crippen LogP contribution in [0.5, 0.6) is 0 Å². The molecule has 16 heavy (non-hydrogen) atoms. The van der Waals surface area contributed by atoms with E-state index in [1.165, 1.54) is 5.56 Å². The molecule has 0 saturated heterocycles. The molecule has 0 saturated carbocycles. The van der Waals surface area contributed by atoms with Crippen molar-refractivity contribution in [2.45, 2.75) is 32.6 Å². The summed E-state index contributed by atoms with van der Waals surface area (Å²) in [6.45, 7) is 4.40. The fourth-order valence-corrected chi connectivity index (χ4v) is 1.96. The molecule has 3 nitrogen and oxygen atoms in total. The Morgan fingerprint density at radius 1 is 1.31 bits per heavy atom. The SMILES string of the molecule is CCC(CC)c1ccccc1NC(=S)NN. The monoisotopic (exact) mass is 237 g/mol. The van der Waals surface area contributed by atoms with Crippen molar-refractivity contribution >= 4 is 23.0 Å². The molecule has 0 bridgehead atoms. The number of hydrogen-bond acceptors (Lipinski definition) is 2. The number of thiocarbonyl (C=S) groups is 1. The van der Waals surface area contributed by atoms with Crippen molar-refractivity contribution in [1.82, 2.24) is 5.43 Å². The predicted molar refractivity (Wildman–Crippen MR) is 73.3 cm³/mol. The van der Waals surface area contributed by atoms with Crippen LogP contribution >= 0.6 is 12.2 Å². The fourth-order valence-electron chi connectivity index (χ4n) is 1.85. The van der Waals surface area contributed by atoms with Gasteiger partial charge in [-0.15, -0.1) is 0 Å². The normalized spacial score (nSPS) is 10.2. The lowest BCUT2D eigenvalue weighted by Gasteiger charge is -2.18. The van der Waals surface area contributed by atoms with E-state index in [1.54, 1.807) is 0 Å². The second kappa shape index (κ2) is 6.45. The number of anilines is 1. The molecule has 0 radical (unpaired) electrons. The largest absolute Gasteiger partial charge is 0.331 e. The van der Waals surface area contributed by atoms with Crippen LogP contribution < -0.4 is 16.6 Å². The van der Waals surface area contributed by atoms with Gasteiger partial charge < -0.3 is 10.7 Å². The second-order valence-corrected chi connectivity index (χ2v) is 4.11. The van der Waals surface area contributed by atoms with E-state index in [-0.39, 0.29) is 0 Å². The van der Waals surface area contributed by atoms with Crippen molar-refractivity contribution in [1.29, 1.82) is 0 Å². The Bertz CT molecular complexity index is 348. The molecular formula is C12H19N3S. The zero-order valence-electron chi connectivity index (χ0n) is 9.79. The van der Waals surface area contributed by atoms with Gasteiger partial charge in [-0.25, -0.2) is 5.84 Å². The number of nitrogens with two attached hydrogens (primary N) is 1. The molecule has 1 rings (SSSR count). The highest BCUT2D eigenvalue weighted by Crippen LogP contribution is 2.29. The first-order valence-corrected chi connectivity index (χ1v) is 6.00. The molecule has 0 aliphatic rings. The summed E-state index contributed by atoms with van der Waals surface area (Å²) in [4.78, 5) is 0. The number of rotatable bonds is 4. The first-order valence-electron chi connectivity index (χ1n) is 5.59. The van der Waals surface area contributed by atoms with Gasteiger partial charge in [0.15, 0.2) is 5.11 Å². The van der Waals surface area contributed by atoms with Crippen molar-refractivity contribution in [3.05, 3.63) is 29.8 Å². The predicted octanol–water partition coefficient (Wildman–Crippen LogP) is 2.75. The molecule has 0 heterocycles. The van der Waals surface area contributed by atoms with Crippen LogP contribution in [0.1, 0.15) is 38.2 Å². The van der Waals surface area contributed by atoms with Crippen LogP contribution in [-0.2, 0) is 0 Å². The Hall–Kier alpha value is -1.13. The molecule has 4 N–H and O–H groups in total. The first-order chi connectivity index (χ1) is 7.72. The van der Waals surface area contributed by atoms with E-state index in [2.05, 4.69) is 36.7 Å². The van der Waals surface area contributed by atoms with Crippen LogP contribution in [0, 0.1) is 0 Å². The minimum absolute atomic E-state index is 0.443. The van der Waals surface area contributed by atoms with Crippen LogP contribution in [-0.4, -0.2) is 5.11 Å². The molecule has 0 amide bonds. The summed E-state index contributed by atoms with van der Waals surface area (Å²) in [5.74, 6) is 5.82. The highest BCUT2D eigenvalue weighted by atomic mass is 32.1. The van der Waals surface area contributed by atoms with E-state index in [0.717, 1.165) is 18.5 Å². The average Bonchev–Trinajstić information content (AvgIpc) is 2.32. The Kier molecular flexibility index (Phi) is 5.22. The lowest BCUT2D eigenvalue weighted by Crippen LogP contribution is -2.34. The van der Waals surface area contributed by atoms with Gasteiger partial charge >= 0.3 is 0 Å². The van der Waals surface area contributed by atoms with E-state index in [4.69, 9.17) is 18.1 Å². The van der Waals surface area contributed by atoms with Gasteiger partial charge in [0.1, 0.15) is 0 Å². The molecule has 0 aliphatic carbocycles. The molecular weight excluding hydrogens is 218 g/mol. The summed E-state index contributed by atoms with van der Waals surface area (Å²) >= 11 is 5.01. The summed E-state index contributed by atoms with van der Waals surface area (Å²) < 4.78 is 0. The standard InChI is InChI=1S/C12H19N3S/c1-3-9(4-2)10-7-5-6-8-11(10)14-12(16)15-13/h5-9H,3-4,13H2,1-2H3,(H2,14,15,16). The molecule has 0 atom stereocenters. The van der Waals surface area contributed by atoms with Crippen LogP contribution in [0.3, 0.4) is 0 Å². The van der Waals surface area contributed by atoms with E-state index in [0.29, 0.717) is 11.0 Å². The van der Waals surface area contributed by atoms with Crippen molar-refractivity contribution in [3.8, 4) is 0 Å². The van der Waals surface area contributed by atoms with Crippen molar-refractivity contribution in [2.24, 2.45) is 5.84 Å². The molecule has 0 fully saturated rings. The van der Waals surface area contributed by atoms with Crippen molar-refractivity contribution < 1.29 is 0 Å². The summed E-state index contributed by atoms with van der Waals surface area (Å²) in [6, 6.07) is 8.21. The van der Waals surface area contributed by atoms with Gasteiger partial charge in [0.05, 0.1) is 0 Å². The topological polar surface area (TPSA) is 50.1 Å². The quantitative estimate of drug-likeness (QED) is 0.428. The minimum Gasteiger partial charge on any atom is -0.331 e. The molecule has 1 aromatic rings. The second-order valence-electron chi connectivity index (χ2n) is 3.70.